The Morgan fingerprint density at radius 1 is 1.46 bits per heavy atom. The van der Waals surface area contributed by atoms with E-state index >= 15 is 0 Å². The van der Waals surface area contributed by atoms with E-state index in [0.29, 0.717) is 5.56 Å². The molecular weight excluding hydrogens is 164 g/mol. The van der Waals surface area contributed by atoms with Gasteiger partial charge in [0.1, 0.15) is 0 Å². The third kappa shape index (κ3) is 2.05. The highest BCUT2D eigenvalue weighted by Crippen LogP contribution is 2.16. The predicted molar refractivity (Wildman–Crippen MR) is 49.8 cm³/mol. The van der Waals surface area contributed by atoms with Gasteiger partial charge in [-0.05, 0) is 24.6 Å². The van der Waals surface area contributed by atoms with E-state index in [0.717, 1.165) is 5.56 Å². The molecular formula is C10H12N2O. The van der Waals surface area contributed by atoms with Crippen LogP contribution in [0, 0.1) is 11.3 Å². The molecule has 1 aromatic carbocycles. The molecule has 0 saturated heterocycles. The Kier molecular flexibility index (Phi) is 2.66. The maximum Gasteiger partial charge on any atom is 0.0991 e. The first-order valence-corrected chi connectivity index (χ1v) is 4.00. The van der Waals surface area contributed by atoms with Crippen LogP contribution in [0.15, 0.2) is 24.3 Å². The van der Waals surface area contributed by atoms with E-state index in [9.17, 15) is 0 Å². The highest BCUT2D eigenvalue weighted by molar-refractivity contribution is 5.34. The van der Waals surface area contributed by atoms with Crippen LogP contribution in [0.4, 0.5) is 0 Å². The second-order valence-corrected chi connectivity index (χ2v) is 3.26. The number of aliphatic hydroxyl groups is 1. The first-order valence-electron chi connectivity index (χ1n) is 4.00. The molecule has 68 valence electrons. The molecule has 0 saturated carbocycles. The highest BCUT2D eigenvalue weighted by Gasteiger charge is 2.19. The smallest absolute Gasteiger partial charge is 0.0991 e. The normalized spacial score (nSPS) is 14.6. The fraction of sp³-hybridized carbons (Fsp3) is 0.300. The maximum absolute atomic E-state index is 8.98. The van der Waals surface area contributed by atoms with Crippen molar-refractivity contribution in [3.05, 3.63) is 35.4 Å². The predicted octanol–water partition coefficient (Wildman–Crippen LogP) is 0.724. The van der Waals surface area contributed by atoms with Crippen LogP contribution in [-0.4, -0.2) is 11.7 Å². The van der Waals surface area contributed by atoms with Gasteiger partial charge in [0.15, 0.2) is 0 Å². The Labute approximate surface area is 77.4 Å². The van der Waals surface area contributed by atoms with Crippen molar-refractivity contribution >= 4 is 0 Å². The van der Waals surface area contributed by atoms with E-state index in [2.05, 4.69) is 0 Å². The SMILES string of the molecule is C[C@@](N)(CO)c1ccc(C#N)cc1. The Morgan fingerprint density at radius 2 is 2.00 bits per heavy atom. The van der Waals surface area contributed by atoms with Crippen molar-refractivity contribution in [2.24, 2.45) is 5.73 Å². The first kappa shape index (κ1) is 9.72. The van der Waals surface area contributed by atoms with Gasteiger partial charge in [0, 0.05) is 0 Å². The molecule has 1 rings (SSSR count). The number of rotatable bonds is 2. The van der Waals surface area contributed by atoms with Crippen molar-refractivity contribution in [1.29, 1.82) is 5.26 Å². The average molecular weight is 176 g/mol. The minimum atomic E-state index is -0.728. The van der Waals surface area contributed by atoms with Crippen LogP contribution >= 0.6 is 0 Å². The van der Waals surface area contributed by atoms with Crippen molar-refractivity contribution in [2.45, 2.75) is 12.5 Å². The molecule has 3 nitrogen and oxygen atoms in total. The van der Waals surface area contributed by atoms with Crippen LogP contribution in [-0.2, 0) is 5.54 Å². The Morgan fingerprint density at radius 3 is 2.38 bits per heavy atom. The molecule has 0 aliphatic heterocycles. The van der Waals surface area contributed by atoms with Gasteiger partial charge >= 0.3 is 0 Å². The summed E-state index contributed by atoms with van der Waals surface area (Å²) >= 11 is 0. The molecule has 0 aliphatic rings. The molecule has 1 aromatic rings. The van der Waals surface area contributed by atoms with Crippen LogP contribution in [0.1, 0.15) is 18.1 Å². The van der Waals surface area contributed by atoms with Gasteiger partial charge in [0.25, 0.3) is 0 Å². The lowest BCUT2D eigenvalue weighted by atomic mass is 9.94. The molecule has 0 radical (unpaired) electrons. The molecule has 0 amide bonds. The molecule has 0 bridgehead atoms. The Hall–Kier alpha value is -1.37. The number of benzene rings is 1. The number of nitriles is 1. The second-order valence-electron chi connectivity index (χ2n) is 3.26. The van der Waals surface area contributed by atoms with Gasteiger partial charge in [-0.3, -0.25) is 0 Å². The third-order valence-corrected chi connectivity index (χ3v) is 2.00. The average Bonchev–Trinajstić information content (AvgIpc) is 2.18. The fourth-order valence-corrected chi connectivity index (χ4v) is 1.02. The first-order chi connectivity index (χ1) is 6.10. The fourth-order valence-electron chi connectivity index (χ4n) is 1.02. The zero-order chi connectivity index (χ0) is 9.90. The molecule has 0 heterocycles. The summed E-state index contributed by atoms with van der Waals surface area (Å²) in [6.45, 7) is 1.63. The number of hydrogen-bond donors (Lipinski definition) is 2. The zero-order valence-corrected chi connectivity index (χ0v) is 7.49. The van der Waals surface area contributed by atoms with Gasteiger partial charge in [0.2, 0.25) is 0 Å². The van der Waals surface area contributed by atoms with E-state index < -0.39 is 5.54 Å². The molecule has 1 atom stereocenters. The summed E-state index contributed by atoms with van der Waals surface area (Å²) in [5, 5.41) is 17.5. The summed E-state index contributed by atoms with van der Waals surface area (Å²) in [5.41, 5.74) is 6.49. The van der Waals surface area contributed by atoms with Crippen LogP contribution in [0.5, 0.6) is 0 Å². The number of aliphatic hydroxyl groups excluding tert-OH is 1. The topological polar surface area (TPSA) is 70.0 Å². The molecule has 0 spiro atoms. The Bertz CT molecular complexity index is 322. The van der Waals surface area contributed by atoms with Crippen molar-refractivity contribution in [1.82, 2.24) is 0 Å². The summed E-state index contributed by atoms with van der Waals surface area (Å²) in [6.07, 6.45) is 0. The van der Waals surface area contributed by atoms with E-state index in [-0.39, 0.29) is 6.61 Å². The van der Waals surface area contributed by atoms with Crippen molar-refractivity contribution < 1.29 is 5.11 Å². The summed E-state index contributed by atoms with van der Waals surface area (Å²) < 4.78 is 0. The lowest BCUT2D eigenvalue weighted by Gasteiger charge is -2.21. The summed E-state index contributed by atoms with van der Waals surface area (Å²) in [5.74, 6) is 0. The molecule has 3 N–H and O–H groups in total. The van der Waals surface area contributed by atoms with Gasteiger partial charge in [0.05, 0.1) is 23.8 Å². The number of nitrogens with two attached hydrogens (primary N) is 1. The molecule has 0 fully saturated rings. The van der Waals surface area contributed by atoms with Crippen molar-refractivity contribution in [3.8, 4) is 6.07 Å². The van der Waals surface area contributed by atoms with Crippen LogP contribution in [0.2, 0.25) is 0 Å². The molecule has 0 aliphatic carbocycles. The van der Waals surface area contributed by atoms with Crippen molar-refractivity contribution in [2.75, 3.05) is 6.61 Å². The minimum Gasteiger partial charge on any atom is -0.394 e. The highest BCUT2D eigenvalue weighted by atomic mass is 16.3. The number of nitrogens with zero attached hydrogens (tertiary/aromatic N) is 1. The van der Waals surface area contributed by atoms with Gasteiger partial charge < -0.3 is 10.8 Å². The molecule has 0 aromatic heterocycles. The largest absolute Gasteiger partial charge is 0.394 e. The summed E-state index contributed by atoms with van der Waals surface area (Å²) in [7, 11) is 0. The zero-order valence-electron chi connectivity index (χ0n) is 7.49. The van der Waals surface area contributed by atoms with Crippen LogP contribution in [0.3, 0.4) is 0 Å². The van der Waals surface area contributed by atoms with Crippen LogP contribution in [0.25, 0.3) is 0 Å². The van der Waals surface area contributed by atoms with Crippen LogP contribution < -0.4 is 5.73 Å². The lowest BCUT2D eigenvalue weighted by molar-refractivity contribution is 0.210. The van der Waals surface area contributed by atoms with E-state index in [1.54, 1.807) is 31.2 Å². The Balaban J connectivity index is 3.00. The van der Waals surface area contributed by atoms with Gasteiger partial charge in [-0.25, -0.2) is 0 Å². The van der Waals surface area contributed by atoms with Gasteiger partial charge in [-0.1, -0.05) is 12.1 Å². The molecule has 0 unspecified atom stereocenters. The quantitative estimate of drug-likeness (QED) is 0.697. The molecule has 13 heavy (non-hydrogen) atoms. The van der Waals surface area contributed by atoms with Gasteiger partial charge in [-0.15, -0.1) is 0 Å². The standard InChI is InChI=1S/C10H12N2O/c1-10(12,7-13)9-4-2-8(6-11)3-5-9/h2-5,13H,7,12H2,1H3/t10-/m1/s1. The van der Waals surface area contributed by atoms with E-state index in [1.807, 2.05) is 6.07 Å². The van der Waals surface area contributed by atoms with Crippen molar-refractivity contribution in [3.63, 3.8) is 0 Å². The monoisotopic (exact) mass is 176 g/mol. The number of hydrogen-bond acceptors (Lipinski definition) is 3. The molecule has 3 heteroatoms. The summed E-state index contributed by atoms with van der Waals surface area (Å²) in [4.78, 5) is 0. The van der Waals surface area contributed by atoms with Gasteiger partial charge in [-0.2, -0.15) is 5.26 Å². The maximum atomic E-state index is 8.98. The summed E-state index contributed by atoms with van der Waals surface area (Å²) in [6, 6.07) is 8.92. The third-order valence-electron chi connectivity index (χ3n) is 2.00. The minimum absolute atomic E-state index is 0.112. The lowest BCUT2D eigenvalue weighted by Crippen LogP contribution is -2.36. The van der Waals surface area contributed by atoms with E-state index in [4.69, 9.17) is 16.1 Å². The second kappa shape index (κ2) is 3.56. The van der Waals surface area contributed by atoms with E-state index in [1.165, 1.54) is 0 Å².